The Morgan fingerprint density at radius 3 is 2.96 bits per heavy atom. The van der Waals surface area contributed by atoms with Crippen LogP contribution in [0.1, 0.15) is 22.4 Å². The Hall–Kier alpha value is -2.67. The topological polar surface area (TPSA) is 68.6 Å². The molecule has 0 saturated heterocycles. The number of thiophene rings is 1. The van der Waals surface area contributed by atoms with E-state index in [0.717, 1.165) is 40.2 Å². The summed E-state index contributed by atoms with van der Waals surface area (Å²) in [5.41, 5.74) is 5.30. The van der Waals surface area contributed by atoms with Gasteiger partial charge in [-0.1, -0.05) is 0 Å². The summed E-state index contributed by atoms with van der Waals surface area (Å²) in [6.07, 6.45) is 6.74. The van der Waals surface area contributed by atoms with E-state index < -0.39 is 0 Å². The van der Waals surface area contributed by atoms with E-state index in [4.69, 9.17) is 9.47 Å². The van der Waals surface area contributed by atoms with Crippen molar-refractivity contribution in [1.82, 2.24) is 9.97 Å². The third-order valence-corrected chi connectivity index (χ3v) is 5.52. The molecule has 6 nitrogen and oxygen atoms in total. The first-order valence-electron chi connectivity index (χ1n) is 8.06. The normalized spacial score (nSPS) is 13.4. The van der Waals surface area contributed by atoms with E-state index in [1.165, 1.54) is 16.9 Å². The first kappa shape index (κ1) is 15.8. The molecule has 0 radical (unpaired) electrons. The number of methoxy groups -OCH3 is 2. The lowest BCUT2D eigenvalue weighted by Crippen LogP contribution is -1.97. The van der Waals surface area contributed by atoms with E-state index in [2.05, 4.69) is 20.5 Å². The van der Waals surface area contributed by atoms with E-state index >= 15 is 0 Å². The molecule has 1 aliphatic carbocycles. The molecule has 1 aromatic carbocycles. The summed E-state index contributed by atoms with van der Waals surface area (Å²) >= 11 is 1.76. The number of hydrogen-bond acceptors (Lipinski definition) is 7. The summed E-state index contributed by atoms with van der Waals surface area (Å²) in [7, 11) is 3.26. The predicted molar refractivity (Wildman–Crippen MR) is 100 cm³/mol. The molecule has 1 N–H and O–H groups in total. The van der Waals surface area contributed by atoms with E-state index in [1.54, 1.807) is 38.1 Å². The quantitative estimate of drug-likeness (QED) is 0.559. The van der Waals surface area contributed by atoms with Crippen LogP contribution >= 0.6 is 11.3 Å². The van der Waals surface area contributed by atoms with Gasteiger partial charge in [0.25, 0.3) is 0 Å². The first-order valence-corrected chi connectivity index (χ1v) is 8.88. The molecule has 0 spiro atoms. The van der Waals surface area contributed by atoms with Gasteiger partial charge in [0.15, 0.2) is 5.82 Å². The number of nitrogens with zero attached hydrogens (tertiary/aromatic N) is 3. The van der Waals surface area contributed by atoms with Crippen LogP contribution in [-0.2, 0) is 12.8 Å². The van der Waals surface area contributed by atoms with E-state index in [-0.39, 0.29) is 0 Å². The fourth-order valence-corrected chi connectivity index (χ4v) is 4.33. The Labute approximate surface area is 149 Å². The number of hydrazone groups is 1. The second-order valence-electron chi connectivity index (χ2n) is 5.74. The maximum Gasteiger partial charge on any atom is 0.158 e. The van der Waals surface area contributed by atoms with Crippen LogP contribution in [0.3, 0.4) is 0 Å². The van der Waals surface area contributed by atoms with Gasteiger partial charge < -0.3 is 9.47 Å². The van der Waals surface area contributed by atoms with Crippen LogP contribution < -0.4 is 14.9 Å². The number of fused-ring (bicyclic) bond motifs is 3. The van der Waals surface area contributed by atoms with Gasteiger partial charge in [-0.05, 0) is 37.0 Å². The summed E-state index contributed by atoms with van der Waals surface area (Å²) in [5, 5.41) is 5.46. The second-order valence-corrected chi connectivity index (χ2v) is 6.82. The number of benzene rings is 1. The highest BCUT2D eigenvalue weighted by molar-refractivity contribution is 7.19. The maximum absolute atomic E-state index is 5.39. The summed E-state index contributed by atoms with van der Waals surface area (Å²) < 4.78 is 10.6. The molecule has 4 rings (SSSR count). The average Bonchev–Trinajstić information content (AvgIpc) is 3.23. The summed E-state index contributed by atoms with van der Waals surface area (Å²) in [6, 6.07) is 5.61. The van der Waals surface area contributed by atoms with Crippen LogP contribution in [0, 0.1) is 0 Å². The Bertz CT molecular complexity index is 952. The average molecular weight is 354 g/mol. The van der Waals surface area contributed by atoms with Gasteiger partial charge >= 0.3 is 0 Å². The number of ether oxygens (including phenoxy) is 2. The third-order valence-electron chi connectivity index (χ3n) is 4.32. The van der Waals surface area contributed by atoms with Gasteiger partial charge in [0.1, 0.15) is 22.7 Å². The fourth-order valence-electron chi connectivity index (χ4n) is 3.10. The Morgan fingerprint density at radius 1 is 1.20 bits per heavy atom. The Kier molecular flexibility index (Phi) is 4.23. The van der Waals surface area contributed by atoms with Gasteiger partial charge in [-0.3, -0.25) is 5.43 Å². The molecular formula is C18H18N4O2S. The second kappa shape index (κ2) is 6.68. The molecule has 1 aliphatic rings. The van der Waals surface area contributed by atoms with Crippen molar-refractivity contribution in [3.05, 3.63) is 40.5 Å². The summed E-state index contributed by atoms with van der Waals surface area (Å²) in [6.45, 7) is 0. The minimum Gasteiger partial charge on any atom is -0.497 e. The van der Waals surface area contributed by atoms with Crippen molar-refractivity contribution in [3.63, 3.8) is 0 Å². The lowest BCUT2D eigenvalue weighted by molar-refractivity contribution is 0.394. The third kappa shape index (κ3) is 2.91. The number of rotatable bonds is 5. The molecule has 3 aromatic rings. The van der Waals surface area contributed by atoms with Crippen molar-refractivity contribution in [1.29, 1.82) is 0 Å². The van der Waals surface area contributed by atoms with E-state index in [1.807, 2.05) is 18.2 Å². The van der Waals surface area contributed by atoms with Crippen LogP contribution in [0.5, 0.6) is 11.5 Å². The van der Waals surface area contributed by atoms with Crippen molar-refractivity contribution in [2.75, 3.05) is 19.6 Å². The molecular weight excluding hydrogens is 336 g/mol. The number of nitrogens with one attached hydrogen (secondary N) is 1. The zero-order valence-electron chi connectivity index (χ0n) is 14.1. The number of anilines is 1. The molecule has 2 aromatic heterocycles. The van der Waals surface area contributed by atoms with Crippen molar-refractivity contribution in [3.8, 4) is 11.5 Å². The predicted octanol–water partition coefficient (Wildman–Crippen LogP) is 3.64. The van der Waals surface area contributed by atoms with Crippen molar-refractivity contribution < 1.29 is 9.47 Å². The van der Waals surface area contributed by atoms with E-state index in [0.29, 0.717) is 5.75 Å². The van der Waals surface area contributed by atoms with Crippen molar-refractivity contribution in [2.45, 2.75) is 19.3 Å². The van der Waals surface area contributed by atoms with Crippen LogP contribution in [0.4, 0.5) is 5.82 Å². The fraction of sp³-hybridized carbons (Fsp3) is 0.278. The highest BCUT2D eigenvalue weighted by Gasteiger charge is 2.20. The van der Waals surface area contributed by atoms with Crippen LogP contribution in [-0.4, -0.2) is 30.4 Å². The highest BCUT2D eigenvalue weighted by atomic mass is 32.1. The lowest BCUT2D eigenvalue weighted by Gasteiger charge is -2.07. The molecule has 128 valence electrons. The van der Waals surface area contributed by atoms with Gasteiger partial charge in [-0.2, -0.15) is 5.10 Å². The molecule has 0 bridgehead atoms. The summed E-state index contributed by atoms with van der Waals surface area (Å²) in [4.78, 5) is 11.2. The van der Waals surface area contributed by atoms with Gasteiger partial charge in [-0.15, -0.1) is 11.3 Å². The molecule has 25 heavy (non-hydrogen) atoms. The molecule has 0 atom stereocenters. The van der Waals surface area contributed by atoms with Crippen LogP contribution in [0.15, 0.2) is 29.6 Å². The highest BCUT2D eigenvalue weighted by Crippen LogP contribution is 2.39. The number of hydrogen-bond donors (Lipinski definition) is 1. The summed E-state index contributed by atoms with van der Waals surface area (Å²) in [5.74, 6) is 2.20. The monoisotopic (exact) mass is 354 g/mol. The smallest absolute Gasteiger partial charge is 0.158 e. The number of aryl methyl sites for hydroxylation is 2. The molecule has 0 fully saturated rings. The minimum atomic E-state index is 0.703. The minimum absolute atomic E-state index is 0.703. The molecule has 0 amide bonds. The van der Waals surface area contributed by atoms with Gasteiger partial charge in [0, 0.05) is 16.5 Å². The van der Waals surface area contributed by atoms with Crippen molar-refractivity contribution >= 4 is 33.6 Å². The van der Waals surface area contributed by atoms with E-state index in [9.17, 15) is 0 Å². The lowest BCUT2D eigenvalue weighted by atomic mass is 10.2. The Morgan fingerprint density at radius 2 is 2.12 bits per heavy atom. The SMILES string of the molecule is COc1ccc(/C=N\Nc2ncnc3sc4c(c23)CCC4)c(OC)c1. The van der Waals surface area contributed by atoms with Gasteiger partial charge in [-0.25, -0.2) is 9.97 Å². The maximum atomic E-state index is 5.39. The standard InChI is InChI=1S/C18H18N4O2S/c1-23-12-7-6-11(14(8-12)24-2)9-21-22-17-16-13-4-3-5-15(13)25-18(16)20-10-19-17/h6-10H,3-5H2,1-2H3,(H,19,20,22)/b21-9-. The van der Waals surface area contributed by atoms with Crippen LogP contribution in [0.25, 0.3) is 10.2 Å². The molecule has 0 unspecified atom stereocenters. The number of aromatic nitrogens is 2. The zero-order chi connectivity index (χ0) is 17.2. The molecule has 0 saturated carbocycles. The van der Waals surface area contributed by atoms with Crippen LogP contribution in [0.2, 0.25) is 0 Å². The molecule has 2 heterocycles. The molecule has 7 heteroatoms. The largest absolute Gasteiger partial charge is 0.497 e. The Balaban J connectivity index is 1.62. The van der Waals surface area contributed by atoms with Gasteiger partial charge in [0.2, 0.25) is 0 Å². The molecule has 0 aliphatic heterocycles. The van der Waals surface area contributed by atoms with Crippen molar-refractivity contribution in [2.24, 2.45) is 5.10 Å². The van der Waals surface area contributed by atoms with Gasteiger partial charge in [0.05, 0.1) is 25.8 Å². The first-order chi connectivity index (χ1) is 12.3. The zero-order valence-corrected chi connectivity index (χ0v) is 14.9.